The molecule has 21 heavy (non-hydrogen) atoms. The molecular weight excluding hydrogens is 260 g/mol. The number of aryl methyl sites for hydroxylation is 1. The van der Waals surface area contributed by atoms with Crippen molar-refractivity contribution in [3.05, 3.63) is 29.3 Å². The maximum Gasteiger partial charge on any atom is 0.251 e. The van der Waals surface area contributed by atoms with Gasteiger partial charge in [0.2, 0.25) is 0 Å². The second kappa shape index (κ2) is 4.49. The van der Waals surface area contributed by atoms with E-state index in [1.165, 1.54) is 12.8 Å². The van der Waals surface area contributed by atoms with Crippen LogP contribution in [0.3, 0.4) is 0 Å². The largest absolute Gasteiger partial charge is 0.399 e. The van der Waals surface area contributed by atoms with Crippen LogP contribution in [-0.4, -0.2) is 11.9 Å². The minimum Gasteiger partial charge on any atom is -0.399 e. The number of nitrogens with two attached hydrogens (primary N) is 1. The summed E-state index contributed by atoms with van der Waals surface area (Å²) in [5, 5.41) is 3.30. The van der Waals surface area contributed by atoms with E-state index < -0.39 is 0 Å². The predicted octanol–water partition coefficient (Wildman–Crippen LogP) is 3.52. The number of fused-ring (bicyclic) bond motifs is 2. The Morgan fingerprint density at radius 2 is 2.05 bits per heavy atom. The molecular formula is C18H26N2O. The number of carbonyl (C=O) groups is 1. The topological polar surface area (TPSA) is 55.1 Å². The number of nitrogens with one attached hydrogen (secondary N) is 1. The van der Waals surface area contributed by atoms with Crippen LogP contribution in [0.25, 0.3) is 0 Å². The third-order valence-corrected chi connectivity index (χ3v) is 6.59. The number of hydrogen-bond donors (Lipinski definition) is 2. The van der Waals surface area contributed by atoms with Gasteiger partial charge in [-0.3, -0.25) is 4.79 Å². The highest BCUT2D eigenvalue weighted by atomic mass is 16.1. The minimum atomic E-state index is 0.0436. The quantitative estimate of drug-likeness (QED) is 0.817. The van der Waals surface area contributed by atoms with Gasteiger partial charge in [-0.1, -0.05) is 20.8 Å². The van der Waals surface area contributed by atoms with Crippen LogP contribution >= 0.6 is 0 Å². The number of benzene rings is 1. The smallest absolute Gasteiger partial charge is 0.251 e. The second-order valence-electron chi connectivity index (χ2n) is 7.71. The van der Waals surface area contributed by atoms with E-state index in [1.807, 2.05) is 19.1 Å². The number of rotatable bonds is 2. The zero-order valence-electron chi connectivity index (χ0n) is 13.5. The molecule has 3 N–H and O–H groups in total. The Kier molecular flexibility index (Phi) is 3.09. The van der Waals surface area contributed by atoms with Crippen molar-refractivity contribution < 1.29 is 4.79 Å². The first-order valence-electron chi connectivity index (χ1n) is 7.93. The van der Waals surface area contributed by atoms with Gasteiger partial charge in [0.15, 0.2) is 0 Å². The van der Waals surface area contributed by atoms with Crippen molar-refractivity contribution in [3.63, 3.8) is 0 Å². The Labute approximate surface area is 127 Å². The molecule has 2 saturated carbocycles. The van der Waals surface area contributed by atoms with E-state index in [1.54, 1.807) is 6.07 Å². The Morgan fingerprint density at radius 1 is 1.33 bits per heavy atom. The van der Waals surface area contributed by atoms with Gasteiger partial charge in [-0.15, -0.1) is 0 Å². The lowest BCUT2D eigenvalue weighted by Crippen LogP contribution is -2.47. The highest BCUT2D eigenvalue weighted by molar-refractivity contribution is 5.96. The second-order valence-corrected chi connectivity index (χ2v) is 7.71. The Bertz CT molecular complexity index is 593. The van der Waals surface area contributed by atoms with E-state index >= 15 is 0 Å². The average Bonchev–Trinajstić information content (AvgIpc) is 2.71. The molecule has 1 aromatic carbocycles. The molecule has 0 aliphatic heterocycles. The summed E-state index contributed by atoms with van der Waals surface area (Å²) < 4.78 is 0. The van der Waals surface area contributed by atoms with Gasteiger partial charge in [0.05, 0.1) is 0 Å². The summed E-state index contributed by atoms with van der Waals surface area (Å²) in [7, 11) is 0. The predicted molar refractivity (Wildman–Crippen MR) is 86.1 cm³/mol. The van der Waals surface area contributed by atoms with Gasteiger partial charge < -0.3 is 11.1 Å². The van der Waals surface area contributed by atoms with E-state index in [4.69, 9.17) is 5.73 Å². The van der Waals surface area contributed by atoms with E-state index in [0.29, 0.717) is 11.1 Å². The summed E-state index contributed by atoms with van der Waals surface area (Å²) >= 11 is 0. The normalized spacial score (nSPS) is 33.1. The number of nitrogen functional groups attached to an aromatic ring is 1. The first-order chi connectivity index (χ1) is 9.75. The van der Waals surface area contributed by atoms with Crippen LogP contribution in [0, 0.1) is 23.7 Å². The third-order valence-electron chi connectivity index (χ3n) is 6.59. The molecule has 3 atom stereocenters. The molecule has 2 aliphatic rings. The Balaban J connectivity index is 1.80. The van der Waals surface area contributed by atoms with E-state index in [-0.39, 0.29) is 17.4 Å². The SMILES string of the molecule is Cc1cc(N)ccc1C(=O)NC1CC2CCC1(C)C2(C)C. The number of anilines is 1. The molecule has 0 heterocycles. The highest BCUT2D eigenvalue weighted by Crippen LogP contribution is 2.65. The van der Waals surface area contributed by atoms with Gasteiger partial charge in [-0.05, 0) is 66.7 Å². The maximum absolute atomic E-state index is 12.6. The standard InChI is InChI=1S/C18H26N2O/c1-11-9-13(19)5-6-14(11)16(21)20-15-10-12-7-8-18(15,4)17(12,2)3/h5-6,9,12,15H,7-8,10,19H2,1-4H3,(H,20,21). The fraction of sp³-hybridized carbons (Fsp3) is 0.611. The molecule has 1 amide bonds. The molecule has 2 bridgehead atoms. The maximum atomic E-state index is 12.6. The molecule has 0 radical (unpaired) electrons. The number of amides is 1. The van der Waals surface area contributed by atoms with Crippen LogP contribution in [0.15, 0.2) is 18.2 Å². The zero-order valence-corrected chi connectivity index (χ0v) is 13.5. The fourth-order valence-corrected chi connectivity index (χ4v) is 4.60. The number of carbonyl (C=O) groups excluding carboxylic acids is 1. The van der Waals surface area contributed by atoms with E-state index in [9.17, 15) is 4.79 Å². The van der Waals surface area contributed by atoms with Crippen LogP contribution in [0.5, 0.6) is 0 Å². The van der Waals surface area contributed by atoms with Gasteiger partial charge in [0.1, 0.15) is 0 Å². The summed E-state index contributed by atoms with van der Waals surface area (Å²) in [6.45, 7) is 9.02. The van der Waals surface area contributed by atoms with Gasteiger partial charge in [-0.2, -0.15) is 0 Å². The fourth-order valence-electron chi connectivity index (χ4n) is 4.60. The number of hydrogen-bond acceptors (Lipinski definition) is 2. The molecule has 3 unspecified atom stereocenters. The van der Waals surface area contributed by atoms with E-state index in [0.717, 1.165) is 23.5 Å². The molecule has 2 aliphatic carbocycles. The van der Waals surface area contributed by atoms with Crippen LogP contribution in [-0.2, 0) is 0 Å². The van der Waals surface area contributed by atoms with Gasteiger partial charge in [-0.25, -0.2) is 0 Å². The van der Waals surface area contributed by atoms with Crippen LogP contribution in [0.4, 0.5) is 5.69 Å². The van der Waals surface area contributed by atoms with Gasteiger partial charge in [0.25, 0.3) is 5.91 Å². The molecule has 2 fully saturated rings. The Hall–Kier alpha value is -1.51. The van der Waals surface area contributed by atoms with Crippen molar-refractivity contribution in [1.29, 1.82) is 0 Å². The van der Waals surface area contributed by atoms with Crippen LogP contribution < -0.4 is 11.1 Å². The van der Waals surface area contributed by atoms with Gasteiger partial charge in [0, 0.05) is 17.3 Å². The first-order valence-corrected chi connectivity index (χ1v) is 7.93. The minimum absolute atomic E-state index is 0.0436. The highest BCUT2D eigenvalue weighted by Gasteiger charge is 2.61. The molecule has 1 aromatic rings. The summed E-state index contributed by atoms with van der Waals surface area (Å²) in [5.74, 6) is 0.780. The van der Waals surface area contributed by atoms with Crippen molar-refractivity contribution in [2.45, 2.75) is 53.0 Å². The lowest BCUT2D eigenvalue weighted by molar-refractivity contribution is 0.0825. The molecule has 3 nitrogen and oxygen atoms in total. The summed E-state index contributed by atoms with van der Waals surface area (Å²) in [6.07, 6.45) is 3.64. The zero-order chi connectivity index (χ0) is 15.4. The van der Waals surface area contributed by atoms with Crippen molar-refractivity contribution in [3.8, 4) is 0 Å². The average molecular weight is 286 g/mol. The molecule has 0 spiro atoms. The molecule has 3 heteroatoms. The van der Waals surface area contributed by atoms with Crippen molar-refractivity contribution in [2.75, 3.05) is 5.73 Å². The third kappa shape index (κ3) is 1.97. The summed E-state index contributed by atoms with van der Waals surface area (Å²) in [6, 6.07) is 5.78. The van der Waals surface area contributed by atoms with Crippen molar-refractivity contribution in [1.82, 2.24) is 5.32 Å². The molecule has 3 rings (SSSR count). The van der Waals surface area contributed by atoms with Crippen molar-refractivity contribution >= 4 is 11.6 Å². The first kappa shape index (κ1) is 14.4. The lowest BCUT2D eigenvalue weighted by Gasteiger charge is -2.39. The Morgan fingerprint density at radius 3 is 2.57 bits per heavy atom. The molecule has 0 saturated heterocycles. The summed E-state index contributed by atoms with van der Waals surface area (Å²) in [4.78, 5) is 12.6. The molecule has 114 valence electrons. The lowest BCUT2D eigenvalue weighted by atomic mass is 9.69. The van der Waals surface area contributed by atoms with Crippen molar-refractivity contribution in [2.24, 2.45) is 16.7 Å². The van der Waals surface area contributed by atoms with Crippen LogP contribution in [0.2, 0.25) is 0 Å². The molecule has 0 aromatic heterocycles. The van der Waals surface area contributed by atoms with Crippen LogP contribution in [0.1, 0.15) is 56.0 Å². The van der Waals surface area contributed by atoms with Gasteiger partial charge >= 0.3 is 0 Å². The monoisotopic (exact) mass is 286 g/mol. The van der Waals surface area contributed by atoms with E-state index in [2.05, 4.69) is 26.1 Å². The summed E-state index contributed by atoms with van der Waals surface area (Å²) in [5.41, 5.74) is 8.70.